The van der Waals surface area contributed by atoms with Gasteiger partial charge in [0.15, 0.2) is 0 Å². The van der Waals surface area contributed by atoms with Gasteiger partial charge in [0.2, 0.25) is 0 Å². The van der Waals surface area contributed by atoms with E-state index in [1.165, 1.54) is 12.1 Å². The number of aryl methyl sites for hydroxylation is 1. The fourth-order valence-electron chi connectivity index (χ4n) is 1.71. The number of hydrogen-bond donors (Lipinski definition) is 1. The number of hydrogen-bond acceptors (Lipinski definition) is 2. The first-order valence-electron chi connectivity index (χ1n) is 5.87. The van der Waals surface area contributed by atoms with Crippen molar-refractivity contribution in [1.82, 2.24) is 0 Å². The first-order chi connectivity index (χ1) is 9.10. The fraction of sp³-hybridized carbons (Fsp3) is 0.200. The molecule has 0 aromatic heterocycles. The third-order valence-corrected chi connectivity index (χ3v) is 3.49. The Bertz CT molecular complexity index is 584. The topological polar surface area (TPSA) is 29.5 Å². The number of rotatable bonds is 4. The Morgan fingerprint density at radius 2 is 2.00 bits per heavy atom. The maximum absolute atomic E-state index is 13.2. The summed E-state index contributed by atoms with van der Waals surface area (Å²) >= 11 is 3.38. The Morgan fingerprint density at radius 3 is 2.68 bits per heavy atom. The van der Waals surface area contributed by atoms with Crippen LogP contribution < -0.4 is 4.74 Å². The molecule has 4 heteroatoms. The van der Waals surface area contributed by atoms with Gasteiger partial charge in [-0.1, -0.05) is 12.1 Å². The van der Waals surface area contributed by atoms with Crippen LogP contribution in [0.1, 0.15) is 16.7 Å². The summed E-state index contributed by atoms with van der Waals surface area (Å²) in [6.45, 7) is 2.21. The molecule has 1 N–H and O–H groups in total. The molecule has 0 saturated carbocycles. The molecule has 100 valence electrons. The average molecular weight is 325 g/mol. The second-order valence-electron chi connectivity index (χ2n) is 4.28. The quantitative estimate of drug-likeness (QED) is 0.922. The molecule has 0 aliphatic carbocycles. The average Bonchev–Trinajstić information content (AvgIpc) is 2.40. The standard InChI is InChI=1S/C15H14BrFO2/c1-10-2-4-13(17)7-12(10)9-19-15-5-3-11(8-18)6-14(15)16/h2-7,18H,8-9H2,1H3. The van der Waals surface area contributed by atoms with E-state index in [4.69, 9.17) is 9.84 Å². The fourth-order valence-corrected chi connectivity index (χ4v) is 2.25. The second kappa shape index (κ2) is 6.17. The van der Waals surface area contributed by atoms with Gasteiger partial charge in [0, 0.05) is 0 Å². The summed E-state index contributed by atoms with van der Waals surface area (Å²) in [5.41, 5.74) is 2.61. The monoisotopic (exact) mass is 324 g/mol. The van der Waals surface area contributed by atoms with E-state index >= 15 is 0 Å². The molecule has 19 heavy (non-hydrogen) atoms. The number of ether oxygens (including phenoxy) is 1. The van der Waals surface area contributed by atoms with Crippen molar-refractivity contribution in [3.8, 4) is 5.75 Å². The lowest BCUT2D eigenvalue weighted by molar-refractivity contribution is 0.280. The highest BCUT2D eigenvalue weighted by Crippen LogP contribution is 2.27. The van der Waals surface area contributed by atoms with Crippen LogP contribution in [0.3, 0.4) is 0 Å². The number of aliphatic hydroxyl groups excluding tert-OH is 1. The molecule has 2 nitrogen and oxygen atoms in total. The van der Waals surface area contributed by atoms with Gasteiger partial charge in [-0.05, 0) is 63.8 Å². The first-order valence-corrected chi connectivity index (χ1v) is 6.66. The lowest BCUT2D eigenvalue weighted by Crippen LogP contribution is -1.99. The summed E-state index contributed by atoms with van der Waals surface area (Å²) in [5.74, 6) is 0.403. The van der Waals surface area contributed by atoms with Crippen LogP contribution in [0.5, 0.6) is 5.75 Å². The second-order valence-corrected chi connectivity index (χ2v) is 5.14. The summed E-state index contributed by atoms with van der Waals surface area (Å²) < 4.78 is 19.6. The van der Waals surface area contributed by atoms with E-state index in [1.807, 2.05) is 6.92 Å². The van der Waals surface area contributed by atoms with E-state index in [9.17, 15) is 4.39 Å². The summed E-state index contributed by atoms with van der Waals surface area (Å²) in [6.07, 6.45) is 0. The molecule has 0 atom stereocenters. The molecule has 0 unspecified atom stereocenters. The van der Waals surface area contributed by atoms with Crippen LogP contribution >= 0.6 is 15.9 Å². The van der Waals surface area contributed by atoms with Gasteiger partial charge in [0.25, 0.3) is 0 Å². The zero-order valence-corrected chi connectivity index (χ0v) is 12.1. The van der Waals surface area contributed by atoms with Crippen LogP contribution in [0, 0.1) is 12.7 Å². The smallest absolute Gasteiger partial charge is 0.134 e. The summed E-state index contributed by atoms with van der Waals surface area (Å²) in [7, 11) is 0. The molecule has 0 spiro atoms. The van der Waals surface area contributed by atoms with Crippen molar-refractivity contribution < 1.29 is 14.2 Å². The van der Waals surface area contributed by atoms with Crippen LogP contribution in [0.4, 0.5) is 4.39 Å². The Kier molecular flexibility index (Phi) is 4.56. The molecule has 0 aliphatic heterocycles. The molecule has 0 saturated heterocycles. The molecule has 0 bridgehead atoms. The van der Waals surface area contributed by atoms with Crippen LogP contribution in [0.2, 0.25) is 0 Å². The molecule has 2 aromatic carbocycles. The van der Waals surface area contributed by atoms with Crippen LogP contribution in [-0.4, -0.2) is 5.11 Å². The minimum absolute atomic E-state index is 0.0120. The summed E-state index contributed by atoms with van der Waals surface area (Å²) in [5, 5.41) is 9.02. The molecule has 2 aromatic rings. The number of halogens is 2. The van der Waals surface area contributed by atoms with Gasteiger partial charge in [-0.15, -0.1) is 0 Å². The van der Waals surface area contributed by atoms with Crippen molar-refractivity contribution >= 4 is 15.9 Å². The maximum atomic E-state index is 13.2. The Labute approximate surface area is 120 Å². The summed E-state index contributed by atoms with van der Waals surface area (Å²) in [6, 6.07) is 10.0. The largest absolute Gasteiger partial charge is 0.488 e. The highest BCUT2D eigenvalue weighted by atomic mass is 79.9. The van der Waals surface area contributed by atoms with Gasteiger partial charge in [-0.25, -0.2) is 4.39 Å². The van der Waals surface area contributed by atoms with Crippen LogP contribution in [0.15, 0.2) is 40.9 Å². The molecule has 2 rings (SSSR count). The Morgan fingerprint density at radius 1 is 1.21 bits per heavy atom. The number of benzene rings is 2. The molecule has 0 heterocycles. The van der Waals surface area contributed by atoms with Gasteiger partial charge in [-0.2, -0.15) is 0 Å². The van der Waals surface area contributed by atoms with Crippen molar-refractivity contribution in [2.24, 2.45) is 0 Å². The lowest BCUT2D eigenvalue weighted by Gasteiger charge is -2.11. The zero-order chi connectivity index (χ0) is 13.8. The van der Waals surface area contributed by atoms with Gasteiger partial charge in [0.1, 0.15) is 18.2 Å². The van der Waals surface area contributed by atoms with Gasteiger partial charge in [0.05, 0.1) is 11.1 Å². The summed E-state index contributed by atoms with van der Waals surface area (Å²) in [4.78, 5) is 0. The van der Waals surface area contributed by atoms with E-state index in [0.29, 0.717) is 12.4 Å². The highest BCUT2D eigenvalue weighted by Gasteiger charge is 2.05. The molecule has 0 amide bonds. The molecule has 0 fully saturated rings. The minimum Gasteiger partial charge on any atom is -0.488 e. The van der Waals surface area contributed by atoms with Gasteiger partial charge < -0.3 is 9.84 Å². The minimum atomic E-state index is -0.265. The van der Waals surface area contributed by atoms with Crippen LogP contribution in [-0.2, 0) is 13.2 Å². The molecule has 0 radical (unpaired) electrons. The van der Waals surface area contributed by atoms with E-state index in [-0.39, 0.29) is 12.4 Å². The number of aliphatic hydroxyl groups is 1. The maximum Gasteiger partial charge on any atom is 0.134 e. The normalized spacial score (nSPS) is 10.5. The third kappa shape index (κ3) is 3.55. The van der Waals surface area contributed by atoms with E-state index in [1.54, 1.807) is 24.3 Å². The predicted octanol–water partition coefficient (Wildman–Crippen LogP) is 3.97. The van der Waals surface area contributed by atoms with Crippen molar-refractivity contribution in [3.63, 3.8) is 0 Å². The van der Waals surface area contributed by atoms with Crippen molar-refractivity contribution in [3.05, 3.63) is 63.4 Å². The zero-order valence-electron chi connectivity index (χ0n) is 10.5. The van der Waals surface area contributed by atoms with E-state index < -0.39 is 0 Å². The molecular weight excluding hydrogens is 311 g/mol. The van der Waals surface area contributed by atoms with E-state index in [2.05, 4.69) is 15.9 Å². The SMILES string of the molecule is Cc1ccc(F)cc1COc1ccc(CO)cc1Br. The lowest BCUT2D eigenvalue weighted by atomic mass is 10.1. The third-order valence-electron chi connectivity index (χ3n) is 2.87. The molecular formula is C15H14BrFO2. The van der Waals surface area contributed by atoms with Crippen molar-refractivity contribution in [2.45, 2.75) is 20.1 Å². The van der Waals surface area contributed by atoms with Gasteiger partial charge >= 0.3 is 0 Å². The van der Waals surface area contributed by atoms with Crippen molar-refractivity contribution in [1.29, 1.82) is 0 Å². The van der Waals surface area contributed by atoms with Crippen LogP contribution in [0.25, 0.3) is 0 Å². The molecule has 0 aliphatic rings. The van der Waals surface area contributed by atoms with Crippen molar-refractivity contribution in [2.75, 3.05) is 0 Å². The highest BCUT2D eigenvalue weighted by molar-refractivity contribution is 9.10. The van der Waals surface area contributed by atoms with E-state index in [0.717, 1.165) is 21.2 Å². The Hall–Kier alpha value is -1.39. The first kappa shape index (κ1) is 14.0. The predicted molar refractivity (Wildman–Crippen MR) is 75.5 cm³/mol. The Balaban J connectivity index is 2.12. The van der Waals surface area contributed by atoms with Gasteiger partial charge in [-0.3, -0.25) is 0 Å².